The molecular formula is C12H9BrN4S. The van der Waals surface area contributed by atoms with E-state index in [1.807, 2.05) is 30.3 Å². The van der Waals surface area contributed by atoms with Gasteiger partial charge in [-0.1, -0.05) is 39.8 Å². The van der Waals surface area contributed by atoms with Crippen LogP contribution >= 0.6 is 27.7 Å². The molecule has 6 heteroatoms. The van der Waals surface area contributed by atoms with Crippen LogP contribution in [0.2, 0.25) is 0 Å². The number of benzene rings is 1. The van der Waals surface area contributed by atoms with E-state index in [0.29, 0.717) is 10.7 Å². The summed E-state index contributed by atoms with van der Waals surface area (Å²) < 4.78 is 1.04. The molecule has 0 unspecified atom stereocenters. The first kappa shape index (κ1) is 12.9. The van der Waals surface area contributed by atoms with E-state index in [1.165, 1.54) is 23.5 Å². The number of anilines is 1. The highest BCUT2D eigenvalue weighted by atomic mass is 79.9. The summed E-state index contributed by atoms with van der Waals surface area (Å²) in [5.41, 5.74) is 7.11. The molecule has 0 radical (unpaired) electrons. The molecule has 1 aromatic heterocycles. The molecule has 0 saturated heterocycles. The van der Waals surface area contributed by atoms with Crippen molar-refractivity contribution in [2.45, 2.75) is 10.9 Å². The maximum atomic E-state index is 8.73. The first-order valence-electron chi connectivity index (χ1n) is 5.09. The summed E-state index contributed by atoms with van der Waals surface area (Å²) in [7, 11) is 0. The van der Waals surface area contributed by atoms with Gasteiger partial charge in [0.25, 0.3) is 0 Å². The molecule has 4 nitrogen and oxygen atoms in total. The fourth-order valence-electron chi connectivity index (χ4n) is 1.31. The van der Waals surface area contributed by atoms with E-state index in [2.05, 4.69) is 25.9 Å². The van der Waals surface area contributed by atoms with Crippen LogP contribution in [-0.4, -0.2) is 9.97 Å². The maximum absolute atomic E-state index is 8.73. The van der Waals surface area contributed by atoms with Crippen molar-refractivity contribution in [2.24, 2.45) is 0 Å². The van der Waals surface area contributed by atoms with Gasteiger partial charge in [0.15, 0.2) is 5.16 Å². The van der Waals surface area contributed by atoms with Crippen LogP contribution in [0.3, 0.4) is 0 Å². The normalized spacial score (nSPS) is 10.0. The topological polar surface area (TPSA) is 75.6 Å². The fourth-order valence-corrected chi connectivity index (χ4v) is 2.52. The number of thioether (sulfide) groups is 1. The van der Waals surface area contributed by atoms with Gasteiger partial charge in [0.05, 0.1) is 6.20 Å². The highest BCUT2D eigenvalue weighted by Crippen LogP contribution is 2.22. The smallest absolute Gasteiger partial charge is 0.189 e. The zero-order valence-electron chi connectivity index (χ0n) is 9.30. The Bertz CT molecular complexity index is 609. The van der Waals surface area contributed by atoms with Gasteiger partial charge in [-0.3, -0.25) is 0 Å². The van der Waals surface area contributed by atoms with E-state index >= 15 is 0 Å². The Hall–Kier alpha value is -1.58. The van der Waals surface area contributed by atoms with Crippen LogP contribution < -0.4 is 5.73 Å². The summed E-state index contributed by atoms with van der Waals surface area (Å²) in [6.07, 6.45) is 1.45. The second-order valence-electron chi connectivity index (χ2n) is 3.48. The molecule has 0 atom stereocenters. The number of hydrogen-bond donors (Lipinski definition) is 1. The van der Waals surface area contributed by atoms with Crippen molar-refractivity contribution in [2.75, 3.05) is 5.73 Å². The molecule has 2 aromatic rings. The Morgan fingerprint density at radius 2 is 2.28 bits per heavy atom. The van der Waals surface area contributed by atoms with Gasteiger partial charge in [0.1, 0.15) is 17.5 Å². The van der Waals surface area contributed by atoms with Crippen LogP contribution in [0.1, 0.15) is 11.1 Å². The largest absolute Gasteiger partial charge is 0.382 e. The molecule has 1 heterocycles. The lowest BCUT2D eigenvalue weighted by Gasteiger charge is -2.02. The fraction of sp³-hybridized carbons (Fsp3) is 0.0833. The molecule has 1 aromatic carbocycles. The van der Waals surface area contributed by atoms with Crippen molar-refractivity contribution in [1.82, 2.24) is 9.97 Å². The van der Waals surface area contributed by atoms with Gasteiger partial charge in [0, 0.05) is 10.2 Å². The molecular weight excluding hydrogens is 312 g/mol. The van der Waals surface area contributed by atoms with Crippen LogP contribution in [0, 0.1) is 11.3 Å². The Balaban J connectivity index is 2.07. The Labute approximate surface area is 117 Å². The summed E-state index contributed by atoms with van der Waals surface area (Å²) in [5.74, 6) is 0.981. The molecule has 2 N–H and O–H groups in total. The highest BCUT2D eigenvalue weighted by Gasteiger charge is 2.04. The van der Waals surface area contributed by atoms with Crippen LogP contribution in [0.15, 0.2) is 40.1 Å². The van der Waals surface area contributed by atoms with Crippen molar-refractivity contribution >= 4 is 33.5 Å². The zero-order chi connectivity index (χ0) is 13.0. The molecule has 0 amide bonds. The highest BCUT2D eigenvalue weighted by molar-refractivity contribution is 9.10. The number of nitrogens with zero attached hydrogens (tertiary/aromatic N) is 3. The summed E-state index contributed by atoms with van der Waals surface area (Å²) >= 11 is 4.91. The minimum Gasteiger partial charge on any atom is -0.382 e. The van der Waals surface area contributed by atoms with Crippen molar-refractivity contribution in [3.8, 4) is 6.07 Å². The average Bonchev–Trinajstić information content (AvgIpc) is 2.37. The first-order chi connectivity index (χ1) is 8.69. The van der Waals surface area contributed by atoms with Gasteiger partial charge in [-0.15, -0.1) is 0 Å². The molecule has 0 bridgehead atoms. The summed E-state index contributed by atoms with van der Waals surface area (Å²) in [6.45, 7) is 0. The van der Waals surface area contributed by atoms with Crippen molar-refractivity contribution in [3.63, 3.8) is 0 Å². The lowest BCUT2D eigenvalue weighted by Crippen LogP contribution is -1.98. The summed E-state index contributed by atoms with van der Waals surface area (Å²) in [4.78, 5) is 8.16. The van der Waals surface area contributed by atoms with Gasteiger partial charge in [-0.25, -0.2) is 9.97 Å². The van der Waals surface area contributed by atoms with E-state index in [-0.39, 0.29) is 5.82 Å². The van der Waals surface area contributed by atoms with Crippen molar-refractivity contribution in [3.05, 3.63) is 46.1 Å². The van der Waals surface area contributed by atoms with Gasteiger partial charge in [0.2, 0.25) is 0 Å². The third-order valence-corrected chi connectivity index (χ3v) is 3.60. The predicted molar refractivity (Wildman–Crippen MR) is 74.9 cm³/mol. The van der Waals surface area contributed by atoms with Crippen LogP contribution in [0.5, 0.6) is 0 Å². The Kier molecular flexibility index (Phi) is 4.18. The van der Waals surface area contributed by atoms with E-state index in [9.17, 15) is 0 Å². The van der Waals surface area contributed by atoms with E-state index in [1.54, 1.807) is 0 Å². The Morgan fingerprint density at radius 3 is 2.94 bits per heavy atom. The third kappa shape index (κ3) is 3.22. The maximum Gasteiger partial charge on any atom is 0.189 e. The van der Waals surface area contributed by atoms with E-state index in [0.717, 1.165) is 10.2 Å². The van der Waals surface area contributed by atoms with Crippen LogP contribution in [0.25, 0.3) is 0 Å². The molecule has 0 saturated carbocycles. The van der Waals surface area contributed by atoms with Crippen molar-refractivity contribution in [1.29, 1.82) is 5.26 Å². The number of hydrogen-bond acceptors (Lipinski definition) is 5. The number of rotatable bonds is 3. The van der Waals surface area contributed by atoms with Crippen molar-refractivity contribution < 1.29 is 0 Å². The molecule has 2 rings (SSSR count). The number of nitriles is 1. The molecule has 0 aliphatic heterocycles. The number of halogens is 1. The van der Waals surface area contributed by atoms with E-state index < -0.39 is 0 Å². The standard InChI is InChI=1S/C12H9BrN4S/c13-10-3-1-2-8(4-10)7-18-12-16-6-9(5-14)11(15)17-12/h1-4,6H,7H2,(H2,15,16,17). The second-order valence-corrected chi connectivity index (χ2v) is 5.34. The number of nitrogens with two attached hydrogens (primary N) is 1. The first-order valence-corrected chi connectivity index (χ1v) is 6.87. The van der Waals surface area contributed by atoms with Crippen LogP contribution in [-0.2, 0) is 5.75 Å². The molecule has 0 aliphatic rings. The van der Waals surface area contributed by atoms with Gasteiger partial charge >= 0.3 is 0 Å². The summed E-state index contributed by atoms with van der Waals surface area (Å²) in [6, 6.07) is 9.97. The molecule has 0 aliphatic carbocycles. The lowest BCUT2D eigenvalue weighted by molar-refractivity contribution is 0.969. The average molecular weight is 321 g/mol. The summed E-state index contributed by atoms with van der Waals surface area (Å²) in [5, 5.41) is 9.30. The predicted octanol–water partition coefficient (Wildman–Crippen LogP) is 2.99. The van der Waals surface area contributed by atoms with E-state index in [4.69, 9.17) is 11.0 Å². The lowest BCUT2D eigenvalue weighted by atomic mass is 10.2. The third-order valence-electron chi connectivity index (χ3n) is 2.17. The monoisotopic (exact) mass is 320 g/mol. The van der Waals surface area contributed by atoms with Gasteiger partial charge < -0.3 is 5.73 Å². The second kappa shape index (κ2) is 5.85. The Morgan fingerprint density at radius 1 is 1.44 bits per heavy atom. The zero-order valence-corrected chi connectivity index (χ0v) is 11.7. The minimum absolute atomic E-state index is 0.226. The minimum atomic E-state index is 0.226. The molecule has 0 spiro atoms. The van der Waals surface area contributed by atoms with Gasteiger partial charge in [-0.2, -0.15) is 5.26 Å². The molecule has 0 fully saturated rings. The van der Waals surface area contributed by atoms with Gasteiger partial charge in [-0.05, 0) is 17.7 Å². The number of aromatic nitrogens is 2. The number of nitrogen functional groups attached to an aromatic ring is 1. The molecule has 90 valence electrons. The quantitative estimate of drug-likeness (QED) is 0.695. The van der Waals surface area contributed by atoms with Crippen LogP contribution in [0.4, 0.5) is 5.82 Å². The SMILES string of the molecule is N#Cc1cnc(SCc2cccc(Br)c2)nc1N. The molecule has 18 heavy (non-hydrogen) atoms.